The molecule has 74 valence electrons. The van der Waals surface area contributed by atoms with Crippen molar-refractivity contribution in [1.29, 1.82) is 0 Å². The van der Waals surface area contributed by atoms with Crippen molar-refractivity contribution < 1.29 is 0 Å². The Morgan fingerprint density at radius 3 is 3.00 bits per heavy atom. The number of imidazole rings is 1. The molecular weight excluding hydrogens is 198 g/mol. The normalized spacial score (nSPS) is 10.6. The van der Waals surface area contributed by atoms with Crippen LogP contribution in [0.3, 0.4) is 0 Å². The van der Waals surface area contributed by atoms with E-state index in [0.29, 0.717) is 5.88 Å². The summed E-state index contributed by atoms with van der Waals surface area (Å²) in [7, 11) is 0. The van der Waals surface area contributed by atoms with E-state index in [4.69, 9.17) is 11.6 Å². The highest BCUT2D eigenvalue weighted by molar-refractivity contribution is 6.17. The summed E-state index contributed by atoms with van der Waals surface area (Å²) < 4.78 is 0. The molecule has 1 aromatic heterocycles. The molecule has 0 radical (unpaired) electrons. The van der Waals surface area contributed by atoms with Gasteiger partial charge in [0.25, 0.3) is 0 Å². The Labute approximate surface area is 87.5 Å². The lowest BCUT2D eigenvalue weighted by Gasteiger charge is -1.98. The summed E-state index contributed by atoms with van der Waals surface area (Å²) in [4.78, 5) is 7.56. The van der Waals surface area contributed by atoms with E-state index in [1.807, 2.05) is 24.3 Å². The fraction of sp³-hybridized carbons (Fsp3) is 0.300. The van der Waals surface area contributed by atoms with Gasteiger partial charge in [0, 0.05) is 12.4 Å². The van der Waals surface area contributed by atoms with Gasteiger partial charge in [0.2, 0.25) is 5.95 Å². The second kappa shape index (κ2) is 4.33. The summed E-state index contributed by atoms with van der Waals surface area (Å²) in [5, 5.41) is 3.18. The van der Waals surface area contributed by atoms with Gasteiger partial charge < -0.3 is 10.3 Å². The van der Waals surface area contributed by atoms with E-state index in [-0.39, 0.29) is 0 Å². The molecule has 0 saturated heterocycles. The van der Waals surface area contributed by atoms with Crippen LogP contribution >= 0.6 is 11.6 Å². The van der Waals surface area contributed by atoms with Gasteiger partial charge >= 0.3 is 0 Å². The van der Waals surface area contributed by atoms with E-state index in [1.54, 1.807) is 0 Å². The van der Waals surface area contributed by atoms with Crippen LogP contribution in [0.5, 0.6) is 0 Å². The maximum atomic E-state index is 5.58. The van der Waals surface area contributed by atoms with Gasteiger partial charge in [-0.3, -0.25) is 0 Å². The number of anilines is 1. The lowest BCUT2D eigenvalue weighted by Crippen LogP contribution is -2.02. The number of hydrogen-bond acceptors (Lipinski definition) is 2. The van der Waals surface area contributed by atoms with Crippen LogP contribution in [0.25, 0.3) is 11.0 Å². The van der Waals surface area contributed by atoms with E-state index in [2.05, 4.69) is 15.3 Å². The van der Waals surface area contributed by atoms with E-state index in [0.717, 1.165) is 29.9 Å². The zero-order valence-electron chi connectivity index (χ0n) is 7.76. The highest BCUT2D eigenvalue weighted by atomic mass is 35.5. The summed E-state index contributed by atoms with van der Waals surface area (Å²) in [5.41, 5.74) is 2.04. The van der Waals surface area contributed by atoms with E-state index in [9.17, 15) is 0 Å². The van der Waals surface area contributed by atoms with Crippen LogP contribution in [-0.2, 0) is 0 Å². The predicted octanol–water partition coefficient (Wildman–Crippen LogP) is 2.60. The molecule has 2 N–H and O–H groups in total. The number of aromatic amines is 1. The Bertz CT molecular complexity index is 377. The number of nitrogens with one attached hydrogen (secondary N) is 2. The minimum Gasteiger partial charge on any atom is -0.356 e. The average Bonchev–Trinajstić information content (AvgIpc) is 2.60. The molecule has 0 unspecified atom stereocenters. The molecule has 1 aromatic carbocycles. The third-order valence-corrected chi connectivity index (χ3v) is 2.26. The fourth-order valence-corrected chi connectivity index (χ4v) is 1.44. The van der Waals surface area contributed by atoms with Crippen LogP contribution in [-0.4, -0.2) is 22.4 Å². The smallest absolute Gasteiger partial charge is 0.201 e. The number of nitrogens with zero attached hydrogens (tertiary/aromatic N) is 1. The number of fused-ring (bicyclic) bond motifs is 1. The Balaban J connectivity index is 2.11. The third kappa shape index (κ3) is 1.99. The van der Waals surface area contributed by atoms with Crippen molar-refractivity contribution in [2.45, 2.75) is 6.42 Å². The van der Waals surface area contributed by atoms with E-state index in [1.165, 1.54) is 0 Å². The Kier molecular flexibility index (Phi) is 2.89. The lowest BCUT2D eigenvalue weighted by molar-refractivity contribution is 0.970. The van der Waals surface area contributed by atoms with Gasteiger partial charge in [-0.15, -0.1) is 11.6 Å². The minimum absolute atomic E-state index is 0.674. The number of para-hydroxylation sites is 2. The topological polar surface area (TPSA) is 40.7 Å². The molecule has 3 nitrogen and oxygen atoms in total. The SMILES string of the molecule is ClCCCNc1nc2ccccc2[nH]1. The van der Waals surface area contributed by atoms with Crippen molar-refractivity contribution >= 4 is 28.6 Å². The maximum Gasteiger partial charge on any atom is 0.201 e. The van der Waals surface area contributed by atoms with Gasteiger partial charge in [-0.2, -0.15) is 0 Å². The summed E-state index contributed by atoms with van der Waals surface area (Å²) in [6, 6.07) is 7.96. The Morgan fingerprint density at radius 2 is 2.21 bits per heavy atom. The fourth-order valence-electron chi connectivity index (χ4n) is 1.31. The molecule has 0 aliphatic heterocycles. The number of aromatic nitrogens is 2. The molecule has 0 saturated carbocycles. The third-order valence-electron chi connectivity index (χ3n) is 1.99. The van der Waals surface area contributed by atoms with Crippen LogP contribution in [0.1, 0.15) is 6.42 Å². The van der Waals surface area contributed by atoms with E-state index < -0.39 is 0 Å². The minimum atomic E-state index is 0.674. The molecular formula is C10H12ClN3. The molecule has 2 rings (SSSR count). The van der Waals surface area contributed by atoms with Gasteiger partial charge in [-0.05, 0) is 18.6 Å². The standard InChI is InChI=1S/C10H12ClN3/c11-6-3-7-12-10-13-8-4-1-2-5-9(8)14-10/h1-2,4-5H,3,6-7H2,(H2,12,13,14). The van der Waals surface area contributed by atoms with Gasteiger partial charge in [-0.25, -0.2) is 4.98 Å². The monoisotopic (exact) mass is 209 g/mol. The number of hydrogen-bond donors (Lipinski definition) is 2. The largest absolute Gasteiger partial charge is 0.356 e. The molecule has 0 spiro atoms. The summed E-state index contributed by atoms with van der Waals surface area (Å²) in [6.07, 6.45) is 0.943. The number of rotatable bonds is 4. The number of alkyl halides is 1. The first-order chi connectivity index (χ1) is 6.90. The first kappa shape index (κ1) is 9.34. The number of H-pyrrole nitrogens is 1. The van der Waals surface area contributed by atoms with Crippen molar-refractivity contribution in [2.75, 3.05) is 17.7 Å². The molecule has 2 aromatic rings. The van der Waals surface area contributed by atoms with E-state index >= 15 is 0 Å². The lowest BCUT2D eigenvalue weighted by atomic mass is 10.3. The molecule has 0 atom stereocenters. The predicted molar refractivity (Wildman–Crippen MR) is 59.9 cm³/mol. The average molecular weight is 210 g/mol. The van der Waals surface area contributed by atoms with Crippen LogP contribution in [0.15, 0.2) is 24.3 Å². The van der Waals surface area contributed by atoms with Crippen molar-refractivity contribution in [3.63, 3.8) is 0 Å². The first-order valence-electron chi connectivity index (χ1n) is 4.65. The number of halogens is 1. The van der Waals surface area contributed by atoms with Gasteiger partial charge in [0.15, 0.2) is 0 Å². The maximum absolute atomic E-state index is 5.58. The second-order valence-electron chi connectivity index (χ2n) is 3.07. The van der Waals surface area contributed by atoms with Crippen LogP contribution in [0.4, 0.5) is 5.95 Å². The molecule has 0 aliphatic rings. The quantitative estimate of drug-likeness (QED) is 0.600. The Hall–Kier alpha value is -1.22. The van der Waals surface area contributed by atoms with Crippen molar-refractivity contribution in [1.82, 2.24) is 9.97 Å². The van der Waals surface area contributed by atoms with Gasteiger partial charge in [-0.1, -0.05) is 12.1 Å². The highest BCUT2D eigenvalue weighted by Crippen LogP contribution is 2.12. The second-order valence-corrected chi connectivity index (χ2v) is 3.45. The zero-order chi connectivity index (χ0) is 9.80. The molecule has 4 heteroatoms. The molecule has 0 aliphatic carbocycles. The van der Waals surface area contributed by atoms with Crippen LogP contribution in [0.2, 0.25) is 0 Å². The molecule has 0 amide bonds. The van der Waals surface area contributed by atoms with Crippen molar-refractivity contribution in [2.24, 2.45) is 0 Å². The molecule has 0 bridgehead atoms. The molecule has 14 heavy (non-hydrogen) atoms. The summed E-state index contributed by atoms with van der Waals surface area (Å²) in [6.45, 7) is 0.851. The molecule has 1 heterocycles. The van der Waals surface area contributed by atoms with Gasteiger partial charge in [0.1, 0.15) is 0 Å². The summed E-state index contributed by atoms with van der Waals surface area (Å²) >= 11 is 5.58. The summed E-state index contributed by atoms with van der Waals surface area (Å²) in [5.74, 6) is 1.49. The molecule has 0 fully saturated rings. The van der Waals surface area contributed by atoms with Crippen molar-refractivity contribution in [3.05, 3.63) is 24.3 Å². The Morgan fingerprint density at radius 1 is 1.36 bits per heavy atom. The van der Waals surface area contributed by atoms with Crippen LogP contribution < -0.4 is 5.32 Å². The number of benzene rings is 1. The highest BCUT2D eigenvalue weighted by Gasteiger charge is 1.99. The van der Waals surface area contributed by atoms with Crippen molar-refractivity contribution in [3.8, 4) is 0 Å². The van der Waals surface area contributed by atoms with Crippen LogP contribution in [0, 0.1) is 0 Å². The van der Waals surface area contributed by atoms with Gasteiger partial charge in [0.05, 0.1) is 11.0 Å². The first-order valence-corrected chi connectivity index (χ1v) is 5.18. The zero-order valence-corrected chi connectivity index (χ0v) is 8.51.